The number of nitrogens with zero attached hydrogens (tertiary/aromatic N) is 1. The molecular formula is C26H23FN2O3S. The molecule has 0 spiro atoms. The molecule has 4 rings (SSSR count). The minimum atomic E-state index is -1.22. The number of oxazole rings is 1. The molecule has 0 aliphatic heterocycles. The fourth-order valence-corrected chi connectivity index (χ4v) is 4.36. The Labute approximate surface area is 194 Å². The number of carbonyl (C=O) groups is 1. The highest BCUT2D eigenvalue weighted by molar-refractivity contribution is 7.84. The Morgan fingerprint density at radius 2 is 1.64 bits per heavy atom. The minimum absolute atomic E-state index is 0.233. The number of benzene rings is 3. The molecule has 0 unspecified atom stereocenters. The van der Waals surface area contributed by atoms with Crippen molar-refractivity contribution >= 4 is 16.7 Å². The van der Waals surface area contributed by atoms with Crippen molar-refractivity contribution in [2.75, 3.05) is 0 Å². The summed E-state index contributed by atoms with van der Waals surface area (Å²) in [7, 11) is -1.22. The summed E-state index contributed by atoms with van der Waals surface area (Å²) in [5.74, 6) is 0.756. The number of nitrogens with one attached hydrogen (secondary N) is 1. The highest BCUT2D eigenvalue weighted by atomic mass is 32.2. The molecule has 0 bridgehead atoms. The molecule has 0 aliphatic carbocycles. The van der Waals surface area contributed by atoms with E-state index in [4.69, 9.17) is 4.42 Å². The molecule has 0 fully saturated rings. The summed E-state index contributed by atoms with van der Waals surface area (Å²) in [5.41, 5.74) is 3.78. The van der Waals surface area contributed by atoms with Crippen molar-refractivity contribution in [3.63, 3.8) is 0 Å². The zero-order valence-electron chi connectivity index (χ0n) is 18.3. The first-order valence-corrected chi connectivity index (χ1v) is 11.8. The van der Waals surface area contributed by atoms with Gasteiger partial charge < -0.3 is 9.73 Å². The van der Waals surface area contributed by atoms with Crippen LogP contribution in [0.1, 0.15) is 32.9 Å². The fourth-order valence-electron chi connectivity index (χ4n) is 3.23. The SMILES string of the molecule is Cc1ccc([S@@](=O)Cc2nc(-c3ccc(C(=O)NCc4ccc(F)cc4)cc3)oc2C)cc1. The molecular weight excluding hydrogens is 439 g/mol. The fraction of sp³-hybridized carbons (Fsp3) is 0.154. The molecule has 1 atom stereocenters. The lowest BCUT2D eigenvalue weighted by Gasteiger charge is -2.06. The van der Waals surface area contributed by atoms with Crippen molar-refractivity contribution < 1.29 is 17.8 Å². The normalized spacial score (nSPS) is 11.8. The highest BCUT2D eigenvalue weighted by Gasteiger charge is 2.16. The predicted octanol–water partition coefficient (Wildman–Crippen LogP) is 5.34. The largest absolute Gasteiger partial charge is 0.441 e. The van der Waals surface area contributed by atoms with Gasteiger partial charge in [0, 0.05) is 22.6 Å². The van der Waals surface area contributed by atoms with Crippen molar-refractivity contribution in [1.29, 1.82) is 0 Å². The van der Waals surface area contributed by atoms with E-state index < -0.39 is 10.8 Å². The molecule has 168 valence electrons. The van der Waals surface area contributed by atoms with Crippen LogP contribution >= 0.6 is 0 Å². The zero-order chi connectivity index (χ0) is 23.4. The molecule has 1 aromatic heterocycles. The second kappa shape index (κ2) is 9.92. The van der Waals surface area contributed by atoms with E-state index in [1.54, 1.807) is 43.3 Å². The molecule has 0 aliphatic rings. The molecule has 5 nitrogen and oxygen atoms in total. The van der Waals surface area contributed by atoms with Crippen molar-refractivity contribution in [2.24, 2.45) is 0 Å². The summed E-state index contributed by atoms with van der Waals surface area (Å²) in [4.78, 5) is 17.7. The molecule has 0 saturated heterocycles. The third kappa shape index (κ3) is 5.62. The van der Waals surface area contributed by atoms with Crippen molar-refractivity contribution in [2.45, 2.75) is 31.0 Å². The van der Waals surface area contributed by atoms with Gasteiger partial charge in [-0.05, 0) is 67.9 Å². The van der Waals surface area contributed by atoms with Gasteiger partial charge in [-0.2, -0.15) is 0 Å². The molecule has 0 saturated carbocycles. The van der Waals surface area contributed by atoms with Crippen LogP contribution in [0.2, 0.25) is 0 Å². The lowest BCUT2D eigenvalue weighted by atomic mass is 10.1. The van der Waals surface area contributed by atoms with E-state index in [1.807, 2.05) is 31.2 Å². The number of carbonyl (C=O) groups excluding carboxylic acids is 1. The summed E-state index contributed by atoms with van der Waals surface area (Å²) in [6.45, 7) is 4.10. The molecule has 1 heterocycles. The van der Waals surface area contributed by atoms with Gasteiger partial charge in [0.25, 0.3) is 5.91 Å². The highest BCUT2D eigenvalue weighted by Crippen LogP contribution is 2.24. The van der Waals surface area contributed by atoms with E-state index >= 15 is 0 Å². The van der Waals surface area contributed by atoms with Crippen molar-refractivity contribution in [3.8, 4) is 11.5 Å². The number of halogens is 1. The van der Waals surface area contributed by atoms with Crippen LogP contribution in [0.15, 0.2) is 82.1 Å². The summed E-state index contributed by atoms with van der Waals surface area (Å²) in [5, 5.41) is 2.81. The van der Waals surface area contributed by atoms with Crippen LogP contribution in [0.25, 0.3) is 11.5 Å². The minimum Gasteiger partial charge on any atom is -0.441 e. The van der Waals surface area contributed by atoms with Gasteiger partial charge in [0.15, 0.2) is 0 Å². The summed E-state index contributed by atoms with van der Waals surface area (Å²) >= 11 is 0. The lowest BCUT2D eigenvalue weighted by molar-refractivity contribution is 0.0951. The lowest BCUT2D eigenvalue weighted by Crippen LogP contribution is -2.22. The van der Waals surface area contributed by atoms with Gasteiger partial charge in [-0.25, -0.2) is 9.37 Å². The quantitative estimate of drug-likeness (QED) is 0.403. The molecule has 0 radical (unpaired) electrons. The Morgan fingerprint density at radius 1 is 0.970 bits per heavy atom. The first-order chi connectivity index (χ1) is 15.9. The molecule has 1 N–H and O–H groups in total. The van der Waals surface area contributed by atoms with Gasteiger partial charge in [-0.15, -0.1) is 0 Å². The number of aryl methyl sites for hydroxylation is 2. The number of hydrogen-bond donors (Lipinski definition) is 1. The smallest absolute Gasteiger partial charge is 0.251 e. The summed E-state index contributed by atoms with van der Waals surface area (Å²) in [6, 6.07) is 20.5. The van der Waals surface area contributed by atoms with Gasteiger partial charge in [-0.3, -0.25) is 9.00 Å². The number of rotatable bonds is 7. The second-order valence-electron chi connectivity index (χ2n) is 7.71. The summed E-state index contributed by atoms with van der Waals surface area (Å²) in [6.07, 6.45) is 0. The van der Waals surface area contributed by atoms with Gasteiger partial charge in [-0.1, -0.05) is 29.8 Å². The average molecular weight is 463 g/mol. The first-order valence-electron chi connectivity index (χ1n) is 10.4. The third-order valence-corrected chi connectivity index (χ3v) is 6.54. The Hall–Kier alpha value is -3.58. The van der Waals surface area contributed by atoms with Crippen LogP contribution in [0.4, 0.5) is 4.39 Å². The monoisotopic (exact) mass is 462 g/mol. The van der Waals surface area contributed by atoms with Gasteiger partial charge in [0.2, 0.25) is 5.89 Å². The Morgan fingerprint density at radius 3 is 2.30 bits per heavy atom. The number of hydrogen-bond acceptors (Lipinski definition) is 4. The second-order valence-corrected chi connectivity index (χ2v) is 9.16. The average Bonchev–Trinajstić information content (AvgIpc) is 3.19. The summed E-state index contributed by atoms with van der Waals surface area (Å²) < 4.78 is 31.5. The molecule has 4 aromatic rings. The van der Waals surface area contributed by atoms with Crippen molar-refractivity contribution in [3.05, 3.63) is 107 Å². The van der Waals surface area contributed by atoms with Crippen LogP contribution in [-0.2, 0) is 23.1 Å². The molecule has 7 heteroatoms. The maximum absolute atomic E-state index is 13.0. The molecule has 1 amide bonds. The van der Waals surface area contributed by atoms with E-state index in [0.29, 0.717) is 29.5 Å². The Bertz CT molecular complexity index is 1280. The van der Waals surface area contributed by atoms with E-state index in [2.05, 4.69) is 10.3 Å². The van der Waals surface area contributed by atoms with Gasteiger partial charge >= 0.3 is 0 Å². The van der Waals surface area contributed by atoms with Crippen LogP contribution in [-0.4, -0.2) is 15.1 Å². The molecule has 3 aromatic carbocycles. The number of aromatic nitrogens is 1. The van der Waals surface area contributed by atoms with E-state index in [0.717, 1.165) is 21.6 Å². The third-order valence-electron chi connectivity index (χ3n) is 5.20. The maximum atomic E-state index is 13.0. The van der Waals surface area contributed by atoms with Gasteiger partial charge in [0.1, 0.15) is 11.6 Å². The van der Waals surface area contributed by atoms with E-state index in [9.17, 15) is 13.4 Å². The Kier molecular flexibility index (Phi) is 6.79. The van der Waals surface area contributed by atoms with Crippen molar-refractivity contribution in [1.82, 2.24) is 10.3 Å². The van der Waals surface area contributed by atoms with Gasteiger partial charge in [0.05, 0.1) is 22.2 Å². The van der Waals surface area contributed by atoms with Crippen LogP contribution < -0.4 is 5.32 Å². The first kappa shape index (κ1) is 22.6. The van der Waals surface area contributed by atoms with E-state index in [-0.39, 0.29) is 17.5 Å². The predicted molar refractivity (Wildman–Crippen MR) is 126 cm³/mol. The standard InChI is InChI=1S/C26H23FN2O3S/c1-17-3-13-23(14-4-17)33(31)16-24-18(2)32-26(29-24)21-9-7-20(8-10-21)25(30)28-15-19-5-11-22(27)12-6-19/h3-14H,15-16H2,1-2H3,(H,28,30)/t33-/m0/s1. The van der Waals surface area contributed by atoms with E-state index in [1.165, 1.54) is 12.1 Å². The topological polar surface area (TPSA) is 72.2 Å². The number of amides is 1. The molecule has 33 heavy (non-hydrogen) atoms. The van der Waals surface area contributed by atoms with Crippen LogP contribution in [0.5, 0.6) is 0 Å². The van der Waals surface area contributed by atoms with Crippen LogP contribution in [0.3, 0.4) is 0 Å². The zero-order valence-corrected chi connectivity index (χ0v) is 19.1. The van der Waals surface area contributed by atoms with Crippen LogP contribution in [0, 0.1) is 19.7 Å². The Balaban J connectivity index is 1.41. The maximum Gasteiger partial charge on any atom is 0.251 e.